The Morgan fingerprint density at radius 1 is 1.38 bits per heavy atom. The molecule has 0 fully saturated rings. The number of hydrogen-bond acceptors (Lipinski definition) is 3. The molecule has 1 aromatic heterocycles. The molecule has 0 radical (unpaired) electrons. The molecule has 0 bridgehead atoms. The van der Waals surface area contributed by atoms with Gasteiger partial charge in [-0.25, -0.2) is 0 Å². The maximum atomic E-state index is 12.0. The van der Waals surface area contributed by atoms with Crippen molar-refractivity contribution in [1.29, 1.82) is 5.26 Å². The van der Waals surface area contributed by atoms with Crippen molar-refractivity contribution in [3.63, 3.8) is 0 Å². The monoisotopic (exact) mass is 281 g/mol. The van der Waals surface area contributed by atoms with Gasteiger partial charge in [-0.05, 0) is 31.4 Å². The van der Waals surface area contributed by atoms with Crippen LogP contribution in [0.3, 0.4) is 0 Å². The molecule has 4 heteroatoms. The fraction of sp³-hybridized carbons (Fsp3) is 0.353. The summed E-state index contributed by atoms with van der Waals surface area (Å²) in [4.78, 5) is 16.4. The number of aromatic nitrogens is 1. The van der Waals surface area contributed by atoms with E-state index in [-0.39, 0.29) is 5.91 Å². The van der Waals surface area contributed by atoms with Crippen LogP contribution >= 0.6 is 0 Å². The van der Waals surface area contributed by atoms with E-state index in [4.69, 9.17) is 5.26 Å². The van der Waals surface area contributed by atoms with Crippen molar-refractivity contribution in [2.75, 3.05) is 6.54 Å². The molecule has 1 atom stereocenters. The summed E-state index contributed by atoms with van der Waals surface area (Å²) in [7, 11) is 0. The smallest absolute Gasteiger partial charge is 0.240 e. The zero-order valence-corrected chi connectivity index (χ0v) is 12.4. The second kappa shape index (κ2) is 6.36. The summed E-state index contributed by atoms with van der Waals surface area (Å²) >= 11 is 0. The Labute approximate surface area is 124 Å². The standard InChI is InChI=1S/C17H19N3O/c1-3-17(2,12-18)16(21)20-11-9-14-7-4-6-13-8-5-10-19-15(13)14/h4-8,10H,3,9,11H2,1-2H3,(H,20,21). The van der Waals surface area contributed by atoms with Gasteiger partial charge in [-0.1, -0.05) is 31.2 Å². The van der Waals surface area contributed by atoms with Crippen LogP contribution in [-0.2, 0) is 11.2 Å². The fourth-order valence-corrected chi connectivity index (χ4v) is 2.17. The van der Waals surface area contributed by atoms with Gasteiger partial charge in [0.05, 0.1) is 11.6 Å². The van der Waals surface area contributed by atoms with Crippen LogP contribution in [0.5, 0.6) is 0 Å². The quantitative estimate of drug-likeness (QED) is 0.916. The highest BCUT2D eigenvalue weighted by Gasteiger charge is 2.30. The average Bonchev–Trinajstić information content (AvgIpc) is 2.54. The lowest BCUT2D eigenvalue weighted by atomic mass is 9.88. The number of pyridine rings is 1. The zero-order valence-electron chi connectivity index (χ0n) is 12.4. The first kappa shape index (κ1) is 15.0. The Bertz CT molecular complexity index is 684. The van der Waals surface area contributed by atoms with Gasteiger partial charge in [0, 0.05) is 18.1 Å². The van der Waals surface area contributed by atoms with Gasteiger partial charge in [0.1, 0.15) is 5.41 Å². The molecule has 21 heavy (non-hydrogen) atoms. The van der Waals surface area contributed by atoms with Crippen LogP contribution in [-0.4, -0.2) is 17.4 Å². The summed E-state index contributed by atoms with van der Waals surface area (Å²) in [6, 6.07) is 12.0. The summed E-state index contributed by atoms with van der Waals surface area (Å²) in [6.07, 6.45) is 2.98. The molecule has 1 amide bonds. The van der Waals surface area contributed by atoms with E-state index in [1.807, 2.05) is 37.3 Å². The normalized spacial score (nSPS) is 13.4. The van der Waals surface area contributed by atoms with E-state index < -0.39 is 5.41 Å². The van der Waals surface area contributed by atoms with Crippen molar-refractivity contribution >= 4 is 16.8 Å². The molecule has 0 aliphatic carbocycles. The predicted octanol–water partition coefficient (Wildman–Crippen LogP) is 2.83. The third kappa shape index (κ3) is 3.19. The number of nitrogens with one attached hydrogen (secondary N) is 1. The minimum Gasteiger partial charge on any atom is -0.354 e. The highest BCUT2D eigenvalue weighted by molar-refractivity contribution is 5.85. The first-order valence-electron chi connectivity index (χ1n) is 7.13. The number of amides is 1. The lowest BCUT2D eigenvalue weighted by Gasteiger charge is -2.18. The number of nitriles is 1. The van der Waals surface area contributed by atoms with Gasteiger partial charge < -0.3 is 5.32 Å². The van der Waals surface area contributed by atoms with E-state index in [0.29, 0.717) is 19.4 Å². The number of para-hydroxylation sites is 1. The molecule has 108 valence electrons. The fourth-order valence-electron chi connectivity index (χ4n) is 2.17. The Kier molecular flexibility index (Phi) is 4.54. The Morgan fingerprint density at radius 2 is 2.14 bits per heavy atom. The Balaban J connectivity index is 2.04. The molecule has 1 aromatic carbocycles. The number of benzene rings is 1. The minimum absolute atomic E-state index is 0.208. The predicted molar refractivity (Wildman–Crippen MR) is 82.5 cm³/mol. The molecule has 1 heterocycles. The van der Waals surface area contributed by atoms with E-state index in [1.54, 1.807) is 13.1 Å². The van der Waals surface area contributed by atoms with Gasteiger partial charge in [0.2, 0.25) is 5.91 Å². The van der Waals surface area contributed by atoms with Gasteiger partial charge in [-0.3, -0.25) is 9.78 Å². The summed E-state index contributed by atoms with van der Waals surface area (Å²) < 4.78 is 0. The minimum atomic E-state index is -0.947. The molecule has 0 aliphatic heterocycles. The molecule has 0 saturated heterocycles. The zero-order chi connectivity index (χ0) is 15.3. The number of carbonyl (C=O) groups is 1. The summed E-state index contributed by atoms with van der Waals surface area (Å²) in [5.74, 6) is -0.208. The van der Waals surface area contributed by atoms with Crippen LogP contribution in [0.4, 0.5) is 0 Å². The van der Waals surface area contributed by atoms with Crippen LogP contribution in [0, 0.1) is 16.7 Å². The Hall–Kier alpha value is -2.41. The van der Waals surface area contributed by atoms with E-state index >= 15 is 0 Å². The highest BCUT2D eigenvalue weighted by Crippen LogP contribution is 2.20. The molecule has 1 N–H and O–H groups in total. The molecular formula is C17H19N3O. The first-order chi connectivity index (χ1) is 10.1. The molecule has 0 spiro atoms. The highest BCUT2D eigenvalue weighted by atomic mass is 16.2. The summed E-state index contributed by atoms with van der Waals surface area (Å²) in [5, 5.41) is 13.0. The molecule has 1 unspecified atom stereocenters. The van der Waals surface area contributed by atoms with E-state index in [9.17, 15) is 4.79 Å². The van der Waals surface area contributed by atoms with Gasteiger partial charge in [0.25, 0.3) is 0 Å². The van der Waals surface area contributed by atoms with Crippen LogP contribution < -0.4 is 5.32 Å². The van der Waals surface area contributed by atoms with E-state index in [1.165, 1.54) is 0 Å². The number of hydrogen-bond donors (Lipinski definition) is 1. The van der Waals surface area contributed by atoms with Crippen molar-refractivity contribution in [3.8, 4) is 6.07 Å². The number of nitrogens with zero attached hydrogens (tertiary/aromatic N) is 2. The maximum absolute atomic E-state index is 12.0. The first-order valence-corrected chi connectivity index (χ1v) is 7.13. The van der Waals surface area contributed by atoms with Crippen LogP contribution in [0.25, 0.3) is 10.9 Å². The van der Waals surface area contributed by atoms with Crippen molar-refractivity contribution < 1.29 is 4.79 Å². The van der Waals surface area contributed by atoms with Gasteiger partial charge in [-0.15, -0.1) is 0 Å². The maximum Gasteiger partial charge on any atom is 0.240 e. The number of rotatable bonds is 5. The van der Waals surface area contributed by atoms with E-state index in [2.05, 4.69) is 16.4 Å². The van der Waals surface area contributed by atoms with Gasteiger partial charge in [-0.2, -0.15) is 5.26 Å². The molecular weight excluding hydrogens is 262 g/mol. The van der Waals surface area contributed by atoms with E-state index in [0.717, 1.165) is 16.5 Å². The number of carbonyl (C=O) groups excluding carboxylic acids is 1. The Morgan fingerprint density at radius 3 is 2.86 bits per heavy atom. The van der Waals surface area contributed by atoms with Crippen molar-refractivity contribution in [1.82, 2.24) is 10.3 Å². The van der Waals surface area contributed by atoms with Crippen LogP contribution in [0.1, 0.15) is 25.8 Å². The second-order valence-corrected chi connectivity index (χ2v) is 5.30. The SMILES string of the molecule is CCC(C)(C#N)C(=O)NCCc1cccc2cccnc12. The van der Waals surface area contributed by atoms with Crippen LogP contribution in [0.15, 0.2) is 36.5 Å². The van der Waals surface area contributed by atoms with Crippen molar-refractivity contribution in [2.45, 2.75) is 26.7 Å². The molecule has 0 aliphatic rings. The van der Waals surface area contributed by atoms with Crippen LogP contribution in [0.2, 0.25) is 0 Å². The molecule has 4 nitrogen and oxygen atoms in total. The molecule has 2 rings (SSSR count). The second-order valence-electron chi connectivity index (χ2n) is 5.30. The van der Waals surface area contributed by atoms with Crippen molar-refractivity contribution in [3.05, 3.63) is 42.1 Å². The lowest BCUT2D eigenvalue weighted by molar-refractivity contribution is -0.127. The summed E-state index contributed by atoms with van der Waals surface area (Å²) in [6.45, 7) is 4.02. The summed E-state index contributed by atoms with van der Waals surface area (Å²) in [5.41, 5.74) is 1.12. The third-order valence-electron chi connectivity index (χ3n) is 3.85. The molecule has 2 aromatic rings. The largest absolute Gasteiger partial charge is 0.354 e. The van der Waals surface area contributed by atoms with Gasteiger partial charge >= 0.3 is 0 Å². The lowest BCUT2D eigenvalue weighted by Crippen LogP contribution is -2.38. The van der Waals surface area contributed by atoms with Crippen molar-refractivity contribution in [2.24, 2.45) is 5.41 Å². The average molecular weight is 281 g/mol. The third-order valence-corrected chi connectivity index (χ3v) is 3.85. The number of fused-ring (bicyclic) bond motifs is 1. The molecule has 0 saturated carbocycles. The van der Waals surface area contributed by atoms with Gasteiger partial charge in [0.15, 0.2) is 0 Å². The topological polar surface area (TPSA) is 65.8 Å².